The van der Waals surface area contributed by atoms with Gasteiger partial charge in [-0.2, -0.15) is 8.78 Å². The summed E-state index contributed by atoms with van der Waals surface area (Å²) in [5, 5.41) is 1.11. The van der Waals surface area contributed by atoms with E-state index in [1.165, 1.54) is 19.1 Å². The summed E-state index contributed by atoms with van der Waals surface area (Å²) in [6.07, 6.45) is 0.942. The average Bonchev–Trinajstić information content (AvgIpc) is 2.28. The van der Waals surface area contributed by atoms with Gasteiger partial charge in [-0.05, 0) is 19.1 Å². The summed E-state index contributed by atoms with van der Waals surface area (Å²) >= 11 is 0.289. The molecule has 0 unspecified atom stereocenters. The van der Waals surface area contributed by atoms with Gasteiger partial charge in [0.05, 0.1) is 5.69 Å². The quantitative estimate of drug-likeness (QED) is 0.848. The van der Waals surface area contributed by atoms with Crippen molar-refractivity contribution in [1.29, 1.82) is 0 Å². The fourth-order valence-electron chi connectivity index (χ4n) is 1.20. The first-order chi connectivity index (χ1) is 8.71. The van der Waals surface area contributed by atoms with Crippen LogP contribution in [-0.2, 0) is 14.6 Å². The minimum Gasteiger partial charge on any atom is -0.324 e. The lowest BCUT2D eigenvalue weighted by molar-refractivity contribution is -0.115. The van der Waals surface area contributed by atoms with Crippen LogP contribution in [0.2, 0.25) is 0 Å². The lowest BCUT2D eigenvalue weighted by atomic mass is 10.3. The molecular formula is C11H13F2NO3S2. The van der Waals surface area contributed by atoms with E-state index in [0.717, 1.165) is 6.26 Å². The summed E-state index contributed by atoms with van der Waals surface area (Å²) in [6, 6.07) is 5.99. The molecule has 1 atom stereocenters. The first kappa shape index (κ1) is 15.9. The predicted molar refractivity (Wildman–Crippen MR) is 71.2 cm³/mol. The highest BCUT2D eigenvalue weighted by Crippen LogP contribution is 2.31. The molecule has 106 valence electrons. The van der Waals surface area contributed by atoms with E-state index in [-0.39, 0.29) is 22.3 Å². The first-order valence-electron chi connectivity index (χ1n) is 5.25. The van der Waals surface area contributed by atoms with Crippen molar-refractivity contribution in [2.24, 2.45) is 0 Å². The van der Waals surface area contributed by atoms with Gasteiger partial charge in [0, 0.05) is 11.2 Å². The third-order valence-corrected chi connectivity index (χ3v) is 4.66. The summed E-state index contributed by atoms with van der Waals surface area (Å²) in [5.74, 6) is -3.37. The maximum atomic E-state index is 12.3. The summed E-state index contributed by atoms with van der Waals surface area (Å²) in [7, 11) is -3.53. The molecule has 19 heavy (non-hydrogen) atoms. The van der Waals surface area contributed by atoms with E-state index < -0.39 is 26.8 Å². The Hall–Kier alpha value is -1.15. The zero-order chi connectivity index (χ0) is 14.6. The fraction of sp³-hybridized carbons (Fsp3) is 0.364. The van der Waals surface area contributed by atoms with E-state index in [2.05, 4.69) is 5.32 Å². The van der Waals surface area contributed by atoms with Crippen molar-refractivity contribution in [3.05, 3.63) is 24.3 Å². The maximum absolute atomic E-state index is 12.3. The lowest BCUT2D eigenvalue weighted by Gasteiger charge is -2.13. The van der Waals surface area contributed by atoms with E-state index in [1.54, 1.807) is 12.1 Å². The minimum atomic E-state index is -3.53. The van der Waals surface area contributed by atoms with Gasteiger partial charge in [-0.3, -0.25) is 4.79 Å². The second-order valence-electron chi connectivity index (χ2n) is 3.84. The van der Waals surface area contributed by atoms with Crippen LogP contribution in [0.3, 0.4) is 0 Å². The van der Waals surface area contributed by atoms with Crippen LogP contribution in [-0.4, -0.2) is 31.6 Å². The van der Waals surface area contributed by atoms with Gasteiger partial charge in [-0.15, -0.1) is 0 Å². The molecule has 8 heteroatoms. The van der Waals surface area contributed by atoms with Crippen LogP contribution in [0.1, 0.15) is 6.92 Å². The Morgan fingerprint density at radius 2 is 1.89 bits per heavy atom. The number of carbonyl (C=O) groups is 1. The molecule has 1 aromatic rings. The molecule has 0 radical (unpaired) electrons. The normalized spacial score (nSPS) is 13.3. The van der Waals surface area contributed by atoms with E-state index in [1.807, 2.05) is 0 Å². The second-order valence-corrected chi connectivity index (χ2v) is 7.23. The zero-order valence-corrected chi connectivity index (χ0v) is 11.9. The number of amides is 1. The SMILES string of the molecule is C[C@@H](C(=O)Nc1ccccc1SC(F)F)S(C)(=O)=O. The molecule has 0 aliphatic carbocycles. The van der Waals surface area contributed by atoms with Crippen LogP contribution in [0.25, 0.3) is 0 Å². The van der Waals surface area contributed by atoms with Crippen molar-refractivity contribution in [2.75, 3.05) is 11.6 Å². The largest absolute Gasteiger partial charge is 0.324 e. The number of sulfone groups is 1. The molecule has 0 saturated heterocycles. The molecule has 0 aliphatic rings. The summed E-state index contributed by atoms with van der Waals surface area (Å²) < 4.78 is 47.2. The molecule has 0 aromatic heterocycles. The smallest absolute Gasteiger partial charge is 0.288 e. The van der Waals surface area contributed by atoms with Crippen molar-refractivity contribution in [3.63, 3.8) is 0 Å². The van der Waals surface area contributed by atoms with Crippen LogP contribution in [0.5, 0.6) is 0 Å². The average molecular weight is 309 g/mol. The first-order valence-corrected chi connectivity index (χ1v) is 8.09. The Kier molecular flexibility index (Phi) is 5.30. The number of hydrogen-bond donors (Lipinski definition) is 1. The molecule has 1 aromatic carbocycles. The van der Waals surface area contributed by atoms with Gasteiger partial charge in [-0.25, -0.2) is 8.42 Å². The Balaban J connectivity index is 2.91. The monoisotopic (exact) mass is 309 g/mol. The molecular weight excluding hydrogens is 296 g/mol. The van der Waals surface area contributed by atoms with Gasteiger partial charge in [0.2, 0.25) is 5.91 Å². The molecule has 0 fully saturated rings. The maximum Gasteiger partial charge on any atom is 0.288 e. The highest BCUT2D eigenvalue weighted by atomic mass is 32.2. The number of halogens is 2. The van der Waals surface area contributed by atoms with Crippen molar-refractivity contribution < 1.29 is 22.0 Å². The van der Waals surface area contributed by atoms with Crippen molar-refractivity contribution in [3.8, 4) is 0 Å². The highest BCUT2D eigenvalue weighted by Gasteiger charge is 2.24. The Morgan fingerprint density at radius 1 is 1.32 bits per heavy atom. The number of rotatable bonds is 5. The Bertz CT molecular complexity index is 561. The van der Waals surface area contributed by atoms with Crippen molar-refractivity contribution in [1.82, 2.24) is 0 Å². The van der Waals surface area contributed by atoms with Gasteiger partial charge >= 0.3 is 0 Å². The Labute approximate surface area is 114 Å². The summed E-state index contributed by atoms with van der Waals surface area (Å²) in [4.78, 5) is 11.9. The van der Waals surface area contributed by atoms with Crippen LogP contribution in [0, 0.1) is 0 Å². The second kappa shape index (κ2) is 6.33. The van der Waals surface area contributed by atoms with E-state index in [9.17, 15) is 22.0 Å². The molecule has 0 saturated carbocycles. The summed E-state index contributed by atoms with van der Waals surface area (Å²) in [6.45, 7) is 1.24. The molecule has 1 rings (SSSR count). The highest BCUT2D eigenvalue weighted by molar-refractivity contribution is 7.99. The molecule has 0 bridgehead atoms. The van der Waals surface area contributed by atoms with Gasteiger partial charge < -0.3 is 5.32 Å². The number of thioether (sulfide) groups is 1. The van der Waals surface area contributed by atoms with E-state index in [4.69, 9.17) is 0 Å². The topological polar surface area (TPSA) is 63.2 Å². The standard InChI is InChI=1S/C11H13F2NO3S2/c1-7(19(2,16)17)10(15)14-8-5-3-4-6-9(8)18-11(12)13/h3-7,11H,1-2H3,(H,14,15)/t7-/m0/s1. The van der Waals surface area contributed by atoms with E-state index >= 15 is 0 Å². The summed E-state index contributed by atoms with van der Waals surface area (Å²) in [5.41, 5.74) is 0.174. The predicted octanol–water partition coefficient (Wildman–Crippen LogP) is 2.37. The van der Waals surface area contributed by atoms with Crippen molar-refractivity contribution in [2.45, 2.75) is 22.8 Å². The third-order valence-electron chi connectivity index (χ3n) is 2.37. The van der Waals surface area contributed by atoms with Gasteiger partial charge in [0.1, 0.15) is 5.25 Å². The Morgan fingerprint density at radius 3 is 2.42 bits per heavy atom. The van der Waals surface area contributed by atoms with Crippen LogP contribution in [0.15, 0.2) is 29.2 Å². The molecule has 0 spiro atoms. The number of carbonyl (C=O) groups excluding carboxylic acids is 1. The zero-order valence-electron chi connectivity index (χ0n) is 10.3. The number of hydrogen-bond acceptors (Lipinski definition) is 4. The van der Waals surface area contributed by atoms with Crippen LogP contribution >= 0.6 is 11.8 Å². The number of para-hydroxylation sites is 1. The van der Waals surface area contributed by atoms with Crippen LogP contribution in [0.4, 0.5) is 14.5 Å². The third kappa shape index (κ3) is 4.79. The molecule has 0 heterocycles. The molecule has 0 aliphatic heterocycles. The number of nitrogens with one attached hydrogen (secondary N) is 1. The fourth-order valence-corrected chi connectivity index (χ4v) is 2.24. The number of alkyl halides is 2. The molecule has 1 N–H and O–H groups in total. The minimum absolute atomic E-state index is 0.174. The van der Waals surface area contributed by atoms with Crippen LogP contribution < -0.4 is 5.32 Å². The number of anilines is 1. The molecule has 1 amide bonds. The number of benzene rings is 1. The van der Waals surface area contributed by atoms with Gasteiger partial charge in [0.15, 0.2) is 9.84 Å². The lowest BCUT2D eigenvalue weighted by Crippen LogP contribution is -2.31. The van der Waals surface area contributed by atoms with Gasteiger partial charge in [0.25, 0.3) is 5.76 Å². The molecule has 4 nitrogen and oxygen atoms in total. The van der Waals surface area contributed by atoms with Crippen molar-refractivity contribution >= 4 is 33.2 Å². The van der Waals surface area contributed by atoms with Gasteiger partial charge in [-0.1, -0.05) is 23.9 Å². The van der Waals surface area contributed by atoms with E-state index in [0.29, 0.717) is 0 Å².